The molecule has 33 heavy (non-hydrogen) atoms. The van der Waals surface area contributed by atoms with E-state index in [1.165, 1.54) is 11.8 Å². The van der Waals surface area contributed by atoms with E-state index in [1.54, 1.807) is 26.1 Å². The number of benzene rings is 1. The van der Waals surface area contributed by atoms with Crippen molar-refractivity contribution in [3.63, 3.8) is 0 Å². The highest BCUT2D eigenvalue weighted by Crippen LogP contribution is 2.49. The second-order valence-electron chi connectivity index (χ2n) is 9.02. The Morgan fingerprint density at radius 2 is 1.97 bits per heavy atom. The largest absolute Gasteiger partial charge is 0.512 e. The number of aliphatic hydroxyl groups is 1. The first kappa shape index (κ1) is 23.2. The predicted octanol–water partition coefficient (Wildman–Crippen LogP) is 5.71. The van der Waals surface area contributed by atoms with Crippen molar-refractivity contribution in [1.82, 2.24) is 10.2 Å². The molecule has 0 atom stereocenters. The van der Waals surface area contributed by atoms with Crippen LogP contribution in [0.5, 0.6) is 0 Å². The molecule has 2 aliphatic rings. The van der Waals surface area contributed by atoms with Crippen LogP contribution in [0.4, 0.5) is 10.5 Å². The minimum absolute atomic E-state index is 0.0840. The van der Waals surface area contributed by atoms with Gasteiger partial charge in [-0.2, -0.15) is 0 Å². The van der Waals surface area contributed by atoms with E-state index in [1.807, 2.05) is 0 Å². The zero-order valence-corrected chi connectivity index (χ0v) is 19.9. The number of carbonyl (C=O) groups is 2. The summed E-state index contributed by atoms with van der Waals surface area (Å²) in [6.07, 6.45) is 5.00. The molecule has 0 unspecified atom stereocenters. The molecule has 9 heteroatoms. The zero-order valence-electron chi connectivity index (χ0n) is 19.1. The van der Waals surface area contributed by atoms with E-state index in [-0.39, 0.29) is 29.2 Å². The third-order valence-corrected chi connectivity index (χ3v) is 6.98. The van der Waals surface area contributed by atoms with Gasteiger partial charge in [-0.1, -0.05) is 30.9 Å². The smallest absolute Gasteiger partial charge is 0.319 e. The van der Waals surface area contributed by atoms with E-state index in [2.05, 4.69) is 10.6 Å². The second kappa shape index (κ2) is 8.74. The van der Waals surface area contributed by atoms with Gasteiger partial charge in [0.2, 0.25) is 0 Å². The Bertz CT molecular complexity index is 1170. The third-order valence-electron chi connectivity index (χ3n) is 6.68. The molecule has 0 bridgehead atoms. The Hall–Kier alpha value is -3.00. The third kappa shape index (κ3) is 4.19. The maximum Gasteiger partial charge on any atom is 0.319 e. The van der Waals surface area contributed by atoms with Crippen LogP contribution in [0.2, 0.25) is 5.02 Å². The molecule has 1 spiro atoms. The molecular formula is C24H29ClN4O4. The van der Waals surface area contributed by atoms with Crippen LogP contribution in [0.25, 0.3) is 11.0 Å². The van der Waals surface area contributed by atoms with E-state index >= 15 is 0 Å². The lowest BCUT2D eigenvalue weighted by Gasteiger charge is -2.42. The van der Waals surface area contributed by atoms with Gasteiger partial charge in [0.15, 0.2) is 5.76 Å². The molecule has 4 N–H and O–H groups in total. The molecule has 2 aromatic rings. The molecule has 2 heterocycles. The van der Waals surface area contributed by atoms with E-state index < -0.39 is 5.54 Å². The molecular weight excluding hydrogens is 444 g/mol. The molecule has 176 valence electrons. The highest BCUT2D eigenvalue weighted by atomic mass is 35.5. The molecule has 1 saturated carbocycles. The summed E-state index contributed by atoms with van der Waals surface area (Å²) < 4.78 is 6.12. The number of nitrogens with one attached hydrogen (secondary N) is 3. The van der Waals surface area contributed by atoms with Crippen molar-refractivity contribution in [3.05, 3.63) is 39.8 Å². The summed E-state index contributed by atoms with van der Waals surface area (Å²) in [6, 6.07) is 3.12. The van der Waals surface area contributed by atoms with E-state index in [9.17, 15) is 14.7 Å². The first-order valence-corrected chi connectivity index (χ1v) is 11.6. The van der Waals surface area contributed by atoms with Gasteiger partial charge in [-0.05, 0) is 45.2 Å². The van der Waals surface area contributed by atoms with Gasteiger partial charge in [-0.15, -0.1) is 0 Å². The Labute approximate surface area is 197 Å². The Morgan fingerprint density at radius 1 is 1.27 bits per heavy atom. The van der Waals surface area contributed by atoms with Crippen LogP contribution in [0, 0.1) is 5.41 Å². The van der Waals surface area contributed by atoms with Crippen molar-refractivity contribution in [1.29, 1.82) is 5.41 Å². The fraction of sp³-hybridized carbons (Fsp3) is 0.458. The summed E-state index contributed by atoms with van der Waals surface area (Å²) in [4.78, 5) is 27.0. The number of hydrogen-bond acceptors (Lipinski definition) is 5. The normalized spacial score (nSPS) is 17.8. The number of anilines is 1. The molecule has 4 rings (SSSR count). The minimum atomic E-state index is -0.566. The average molecular weight is 473 g/mol. The van der Waals surface area contributed by atoms with Crippen molar-refractivity contribution >= 4 is 45.9 Å². The molecule has 1 aliphatic carbocycles. The van der Waals surface area contributed by atoms with Crippen LogP contribution in [0.3, 0.4) is 0 Å². The van der Waals surface area contributed by atoms with Gasteiger partial charge in [-0.25, -0.2) is 4.79 Å². The maximum atomic E-state index is 13.1. The molecule has 0 radical (unpaired) electrons. The molecule has 3 amide bonds. The first-order chi connectivity index (χ1) is 15.6. The van der Waals surface area contributed by atoms with Crippen molar-refractivity contribution in [2.75, 3.05) is 18.9 Å². The van der Waals surface area contributed by atoms with E-state index in [0.29, 0.717) is 40.2 Å². The number of allylic oxidation sites excluding steroid dienone is 1. The molecule has 8 nitrogen and oxygen atoms in total. The van der Waals surface area contributed by atoms with Gasteiger partial charge in [0, 0.05) is 35.8 Å². The summed E-state index contributed by atoms with van der Waals surface area (Å²) in [5.41, 5.74) is 2.14. The van der Waals surface area contributed by atoms with Gasteiger partial charge >= 0.3 is 6.03 Å². The van der Waals surface area contributed by atoms with Crippen molar-refractivity contribution in [2.45, 2.75) is 57.9 Å². The van der Waals surface area contributed by atoms with Gasteiger partial charge in [0.1, 0.15) is 5.58 Å². The number of furan rings is 1. The van der Waals surface area contributed by atoms with Crippen LogP contribution in [0.1, 0.15) is 68.5 Å². The zero-order chi connectivity index (χ0) is 23.9. The monoisotopic (exact) mass is 472 g/mol. The Morgan fingerprint density at radius 3 is 2.61 bits per heavy atom. The lowest BCUT2D eigenvalue weighted by Crippen LogP contribution is -2.52. The maximum absolute atomic E-state index is 13.1. The van der Waals surface area contributed by atoms with Crippen LogP contribution < -0.4 is 10.6 Å². The van der Waals surface area contributed by atoms with Crippen molar-refractivity contribution < 1.29 is 19.1 Å². The number of rotatable bonds is 5. The molecule has 1 aromatic heterocycles. The number of urea groups is 1. The Balaban J connectivity index is 1.70. The summed E-state index contributed by atoms with van der Waals surface area (Å²) in [5, 5.41) is 24.6. The second-order valence-corrected chi connectivity index (χ2v) is 9.43. The number of hydrogen-bond donors (Lipinski definition) is 4. The van der Waals surface area contributed by atoms with E-state index in [0.717, 1.165) is 37.7 Å². The van der Waals surface area contributed by atoms with Gasteiger partial charge in [0.25, 0.3) is 5.91 Å². The quantitative estimate of drug-likeness (QED) is 0.329. The molecule has 1 aliphatic heterocycles. The van der Waals surface area contributed by atoms with Gasteiger partial charge in [-0.3, -0.25) is 4.79 Å². The van der Waals surface area contributed by atoms with Crippen molar-refractivity contribution in [3.8, 4) is 0 Å². The van der Waals surface area contributed by atoms with Gasteiger partial charge < -0.3 is 30.5 Å². The number of aliphatic hydroxyl groups excluding tert-OH is 1. The van der Waals surface area contributed by atoms with Crippen molar-refractivity contribution in [2.24, 2.45) is 0 Å². The van der Waals surface area contributed by atoms with Crippen LogP contribution in [-0.2, 0) is 5.54 Å². The van der Waals surface area contributed by atoms with Gasteiger partial charge in [0.05, 0.1) is 22.0 Å². The van der Waals surface area contributed by atoms with Crippen LogP contribution in [0.15, 0.2) is 27.9 Å². The lowest BCUT2D eigenvalue weighted by molar-refractivity contribution is 0.0767. The number of halogens is 1. The minimum Gasteiger partial charge on any atom is -0.512 e. The fourth-order valence-electron chi connectivity index (χ4n) is 5.00. The highest BCUT2D eigenvalue weighted by Gasteiger charge is 2.44. The SMILES string of the molecule is CC(=N)/C(CCN(C)C(=O)c1cc2cc(Cl)c3c(c2o1)C1(CCCCC1)NC(=O)N3)=C(/C)O. The number of amides is 3. The summed E-state index contributed by atoms with van der Waals surface area (Å²) >= 11 is 6.56. The fourth-order valence-corrected chi connectivity index (χ4v) is 5.26. The average Bonchev–Trinajstić information content (AvgIpc) is 3.16. The first-order valence-electron chi connectivity index (χ1n) is 11.2. The standard InChI is InChI=1S/C24H29ClN4O4/c1-13(26)16(14(2)30)7-10-29(3)22(31)18-12-15-11-17(25)20-19(21(15)33-18)24(28-23(32)27-20)8-5-4-6-9-24/h11-12,26,30H,4-10H2,1-3H3,(H2,27,28,32)/b16-14-,26-13?. The van der Waals surface area contributed by atoms with Crippen LogP contribution >= 0.6 is 11.6 Å². The van der Waals surface area contributed by atoms with E-state index in [4.69, 9.17) is 21.4 Å². The molecule has 1 fully saturated rings. The predicted molar refractivity (Wildman–Crippen MR) is 128 cm³/mol. The number of fused-ring (bicyclic) bond motifs is 4. The summed E-state index contributed by atoms with van der Waals surface area (Å²) in [5.74, 6) is -0.0440. The topological polar surface area (TPSA) is 119 Å². The Kier molecular flexibility index (Phi) is 6.14. The number of nitrogens with zero attached hydrogens (tertiary/aromatic N) is 1. The highest BCUT2D eigenvalue weighted by molar-refractivity contribution is 6.35. The summed E-state index contributed by atoms with van der Waals surface area (Å²) in [6.45, 7) is 3.46. The lowest BCUT2D eigenvalue weighted by atomic mass is 9.74. The molecule has 1 aromatic carbocycles. The number of carbonyl (C=O) groups excluding carboxylic acids is 2. The molecule has 0 saturated heterocycles. The van der Waals surface area contributed by atoms with Crippen LogP contribution in [-0.4, -0.2) is 41.2 Å². The summed E-state index contributed by atoms with van der Waals surface area (Å²) in [7, 11) is 1.66.